The van der Waals surface area contributed by atoms with Crippen LogP contribution in [0.3, 0.4) is 0 Å². The highest BCUT2D eigenvalue weighted by atomic mass is 19.4. The van der Waals surface area contributed by atoms with Crippen LogP contribution in [0.1, 0.15) is 36.3 Å². The largest absolute Gasteiger partial charge is 0.471 e. The normalized spacial score (nSPS) is 23.4. The second-order valence-electron chi connectivity index (χ2n) is 8.66. The van der Waals surface area contributed by atoms with E-state index in [0.717, 1.165) is 16.0 Å². The lowest BCUT2D eigenvalue weighted by atomic mass is 9.92. The van der Waals surface area contributed by atoms with Gasteiger partial charge >= 0.3 is 12.1 Å². The van der Waals surface area contributed by atoms with E-state index in [1.807, 2.05) is 60.7 Å². The van der Waals surface area contributed by atoms with Crippen LogP contribution in [0.25, 0.3) is 0 Å². The summed E-state index contributed by atoms with van der Waals surface area (Å²) in [6.45, 7) is 1.08. The molecule has 0 bridgehead atoms. The molecule has 2 fully saturated rings. The van der Waals surface area contributed by atoms with Gasteiger partial charge in [0, 0.05) is 31.6 Å². The SMILES string of the molecule is O=C(N(CC1(F)CCN(Cc2ccccc2)CC1)C1CC1c1ccccc1)C(F)(F)F. The van der Waals surface area contributed by atoms with Gasteiger partial charge in [-0.2, -0.15) is 13.2 Å². The summed E-state index contributed by atoms with van der Waals surface area (Å²) in [5.41, 5.74) is 0.197. The second-order valence-corrected chi connectivity index (χ2v) is 8.66. The van der Waals surface area contributed by atoms with E-state index in [1.54, 1.807) is 0 Å². The first-order valence-corrected chi connectivity index (χ1v) is 10.6. The molecule has 1 aliphatic heterocycles. The number of carbonyl (C=O) groups is 1. The van der Waals surface area contributed by atoms with Gasteiger partial charge in [-0.05, 0) is 30.4 Å². The van der Waals surface area contributed by atoms with Gasteiger partial charge in [0.15, 0.2) is 0 Å². The molecular formula is C24H26F4N2O. The number of rotatable bonds is 6. The molecule has 2 aliphatic rings. The molecule has 2 unspecified atom stereocenters. The summed E-state index contributed by atoms with van der Waals surface area (Å²) in [7, 11) is 0. The van der Waals surface area contributed by atoms with Crippen LogP contribution >= 0.6 is 0 Å². The van der Waals surface area contributed by atoms with E-state index in [1.165, 1.54) is 0 Å². The maximum atomic E-state index is 15.6. The number of hydrogen-bond donors (Lipinski definition) is 0. The van der Waals surface area contributed by atoms with Crippen molar-refractivity contribution in [2.45, 2.75) is 49.6 Å². The number of benzene rings is 2. The maximum Gasteiger partial charge on any atom is 0.471 e. The Balaban J connectivity index is 1.42. The number of piperidine rings is 1. The Morgan fingerprint density at radius 3 is 2.16 bits per heavy atom. The molecule has 1 heterocycles. The zero-order valence-corrected chi connectivity index (χ0v) is 17.2. The highest BCUT2D eigenvalue weighted by molar-refractivity contribution is 5.82. The number of nitrogens with zero attached hydrogens (tertiary/aromatic N) is 2. The van der Waals surface area contributed by atoms with Gasteiger partial charge in [0.05, 0.1) is 6.54 Å². The van der Waals surface area contributed by atoms with Crippen LogP contribution in [0.5, 0.6) is 0 Å². The van der Waals surface area contributed by atoms with Crippen molar-refractivity contribution in [3.05, 3.63) is 71.8 Å². The molecule has 0 N–H and O–H groups in total. The first-order chi connectivity index (χ1) is 14.8. The third-order valence-electron chi connectivity index (χ3n) is 6.34. The number of halogens is 4. The highest BCUT2D eigenvalue weighted by Crippen LogP contribution is 2.47. The minimum absolute atomic E-state index is 0.115. The number of likely N-dealkylation sites (tertiary alicyclic amines) is 1. The first kappa shape index (κ1) is 21.8. The minimum Gasteiger partial charge on any atom is -0.328 e. The molecule has 0 spiro atoms. The van der Waals surface area contributed by atoms with Crippen molar-refractivity contribution in [3.63, 3.8) is 0 Å². The summed E-state index contributed by atoms with van der Waals surface area (Å²) in [5, 5.41) is 0. The summed E-state index contributed by atoms with van der Waals surface area (Å²) >= 11 is 0. The van der Waals surface area contributed by atoms with Crippen molar-refractivity contribution in [2.24, 2.45) is 0 Å². The highest BCUT2D eigenvalue weighted by Gasteiger charge is 2.54. The van der Waals surface area contributed by atoms with Gasteiger partial charge in [-0.25, -0.2) is 4.39 Å². The Hall–Kier alpha value is -2.41. The molecule has 4 rings (SSSR count). The number of amides is 1. The van der Waals surface area contributed by atoms with Crippen LogP contribution in [-0.2, 0) is 11.3 Å². The standard InChI is InChI=1S/C24H26F4N2O/c25-23(11-13-29(14-12-23)16-18-7-3-1-4-8-18)17-30(22(31)24(26,27)28)21-15-20(21)19-9-5-2-6-10-19/h1-10,20-21H,11-17H2. The topological polar surface area (TPSA) is 23.6 Å². The molecule has 2 aromatic carbocycles. The summed E-state index contributed by atoms with van der Waals surface area (Å²) in [5.74, 6) is -2.10. The molecule has 7 heteroatoms. The Bertz CT molecular complexity index is 879. The summed E-state index contributed by atoms with van der Waals surface area (Å²) < 4.78 is 55.4. The predicted molar refractivity (Wildman–Crippen MR) is 110 cm³/mol. The van der Waals surface area contributed by atoms with Gasteiger partial charge in [0.25, 0.3) is 0 Å². The van der Waals surface area contributed by atoms with E-state index in [4.69, 9.17) is 0 Å². The van der Waals surface area contributed by atoms with E-state index in [9.17, 15) is 18.0 Å². The van der Waals surface area contributed by atoms with Crippen LogP contribution < -0.4 is 0 Å². The van der Waals surface area contributed by atoms with Crippen molar-refractivity contribution >= 4 is 5.91 Å². The second kappa shape index (κ2) is 8.61. The summed E-state index contributed by atoms with van der Waals surface area (Å²) in [6.07, 6.45) is -4.34. The van der Waals surface area contributed by atoms with Crippen LogP contribution in [0.15, 0.2) is 60.7 Å². The number of hydrogen-bond acceptors (Lipinski definition) is 2. The van der Waals surface area contributed by atoms with E-state index in [-0.39, 0.29) is 18.8 Å². The van der Waals surface area contributed by atoms with Crippen LogP contribution in [0.2, 0.25) is 0 Å². The molecular weight excluding hydrogens is 408 g/mol. The molecule has 0 aromatic heterocycles. The number of alkyl halides is 4. The molecule has 0 radical (unpaired) electrons. The van der Waals surface area contributed by atoms with E-state index >= 15 is 4.39 Å². The maximum absolute atomic E-state index is 15.6. The molecule has 1 aliphatic carbocycles. The molecule has 2 aromatic rings. The zero-order chi connectivity index (χ0) is 22.1. The molecule has 1 saturated carbocycles. The van der Waals surface area contributed by atoms with Gasteiger partial charge in [0.2, 0.25) is 0 Å². The van der Waals surface area contributed by atoms with Crippen LogP contribution in [0, 0.1) is 0 Å². The van der Waals surface area contributed by atoms with E-state index in [0.29, 0.717) is 26.1 Å². The Morgan fingerprint density at radius 1 is 1.00 bits per heavy atom. The molecule has 1 amide bonds. The Morgan fingerprint density at radius 2 is 1.58 bits per heavy atom. The monoisotopic (exact) mass is 434 g/mol. The van der Waals surface area contributed by atoms with Crippen molar-refractivity contribution in [1.29, 1.82) is 0 Å². The lowest BCUT2D eigenvalue weighted by Crippen LogP contribution is -2.53. The van der Waals surface area contributed by atoms with Crippen molar-refractivity contribution in [1.82, 2.24) is 9.80 Å². The van der Waals surface area contributed by atoms with Crippen molar-refractivity contribution < 1.29 is 22.4 Å². The van der Waals surface area contributed by atoms with Gasteiger partial charge in [-0.1, -0.05) is 60.7 Å². The average Bonchev–Trinajstić information content (AvgIpc) is 3.55. The fraction of sp³-hybridized carbons (Fsp3) is 0.458. The molecule has 166 valence electrons. The van der Waals surface area contributed by atoms with Crippen LogP contribution in [-0.4, -0.2) is 53.2 Å². The first-order valence-electron chi connectivity index (χ1n) is 10.6. The van der Waals surface area contributed by atoms with E-state index in [2.05, 4.69) is 4.90 Å². The minimum atomic E-state index is -5.01. The van der Waals surface area contributed by atoms with Crippen LogP contribution in [0.4, 0.5) is 17.6 Å². The fourth-order valence-corrected chi connectivity index (χ4v) is 4.50. The molecule has 31 heavy (non-hydrogen) atoms. The quantitative estimate of drug-likeness (QED) is 0.602. The predicted octanol–water partition coefficient (Wildman–Crippen LogP) is 4.94. The molecule has 2 atom stereocenters. The van der Waals surface area contributed by atoms with Gasteiger partial charge in [0.1, 0.15) is 5.67 Å². The fourth-order valence-electron chi connectivity index (χ4n) is 4.50. The third kappa shape index (κ3) is 5.26. The average molecular weight is 434 g/mol. The summed E-state index contributed by atoms with van der Waals surface area (Å²) in [4.78, 5) is 15.0. The smallest absolute Gasteiger partial charge is 0.328 e. The third-order valence-corrected chi connectivity index (χ3v) is 6.34. The number of carbonyl (C=O) groups excluding carboxylic acids is 1. The Labute approximate surface area is 179 Å². The van der Waals surface area contributed by atoms with Crippen molar-refractivity contribution in [2.75, 3.05) is 19.6 Å². The lowest BCUT2D eigenvalue weighted by molar-refractivity contribution is -0.188. The zero-order valence-electron chi connectivity index (χ0n) is 17.2. The van der Waals surface area contributed by atoms with Crippen molar-refractivity contribution in [3.8, 4) is 0 Å². The summed E-state index contributed by atoms with van der Waals surface area (Å²) in [6, 6.07) is 18.4. The van der Waals surface area contributed by atoms with Gasteiger partial charge < -0.3 is 4.90 Å². The molecule has 1 saturated heterocycles. The lowest BCUT2D eigenvalue weighted by Gasteiger charge is -2.39. The van der Waals surface area contributed by atoms with Gasteiger partial charge in [-0.3, -0.25) is 9.69 Å². The van der Waals surface area contributed by atoms with E-state index < -0.39 is 30.3 Å². The van der Waals surface area contributed by atoms with Gasteiger partial charge in [-0.15, -0.1) is 0 Å². The molecule has 3 nitrogen and oxygen atoms in total. The Kier molecular flexibility index (Phi) is 6.06.